The number of aliphatic hydroxyl groups excluding tert-OH is 1. The third kappa shape index (κ3) is 2.92. The lowest BCUT2D eigenvalue weighted by Gasteiger charge is -2.24. The molecule has 3 heteroatoms. The van der Waals surface area contributed by atoms with Crippen molar-refractivity contribution in [3.63, 3.8) is 0 Å². The molecule has 78 valence electrons. The number of nitrogen functional groups attached to an aromatic ring is 1. The van der Waals surface area contributed by atoms with Gasteiger partial charge in [-0.15, -0.1) is 0 Å². The van der Waals surface area contributed by atoms with E-state index in [9.17, 15) is 5.11 Å². The summed E-state index contributed by atoms with van der Waals surface area (Å²) < 4.78 is 0. The van der Waals surface area contributed by atoms with Crippen LogP contribution in [0, 0.1) is 0 Å². The number of aliphatic hydroxyl groups is 1. The molecular formula is C11H18N2O. The second kappa shape index (κ2) is 4.86. The summed E-state index contributed by atoms with van der Waals surface area (Å²) in [7, 11) is 0. The van der Waals surface area contributed by atoms with Crippen molar-refractivity contribution in [2.24, 2.45) is 0 Å². The minimum absolute atomic E-state index is 0.323. The topological polar surface area (TPSA) is 49.5 Å². The molecule has 0 radical (unpaired) electrons. The molecule has 1 aromatic rings. The van der Waals surface area contributed by atoms with Crippen LogP contribution < -0.4 is 10.6 Å². The van der Waals surface area contributed by atoms with Crippen molar-refractivity contribution in [2.75, 3.05) is 23.7 Å². The van der Waals surface area contributed by atoms with Crippen molar-refractivity contribution in [3.05, 3.63) is 24.3 Å². The average molecular weight is 194 g/mol. The van der Waals surface area contributed by atoms with Gasteiger partial charge >= 0.3 is 0 Å². The Morgan fingerprint density at radius 3 is 2.71 bits per heavy atom. The van der Waals surface area contributed by atoms with E-state index in [1.165, 1.54) is 0 Å². The highest BCUT2D eigenvalue weighted by molar-refractivity contribution is 5.55. The molecule has 0 amide bonds. The van der Waals surface area contributed by atoms with Gasteiger partial charge in [0.1, 0.15) is 0 Å². The maximum atomic E-state index is 9.31. The van der Waals surface area contributed by atoms with Crippen LogP contribution >= 0.6 is 0 Å². The van der Waals surface area contributed by atoms with Gasteiger partial charge in [-0.3, -0.25) is 0 Å². The van der Waals surface area contributed by atoms with Gasteiger partial charge < -0.3 is 15.7 Å². The lowest BCUT2D eigenvalue weighted by Crippen LogP contribution is -2.30. The average Bonchev–Trinajstić information content (AvgIpc) is 2.14. The van der Waals surface area contributed by atoms with Crippen molar-refractivity contribution in [1.82, 2.24) is 0 Å². The van der Waals surface area contributed by atoms with Gasteiger partial charge in [-0.1, -0.05) is 6.07 Å². The van der Waals surface area contributed by atoms with Gasteiger partial charge in [-0.2, -0.15) is 0 Å². The predicted octanol–water partition coefficient (Wildman–Crippen LogP) is 1.48. The zero-order valence-electron chi connectivity index (χ0n) is 8.77. The number of anilines is 2. The lowest BCUT2D eigenvalue weighted by molar-refractivity contribution is 0.200. The molecule has 0 saturated heterocycles. The first-order chi connectivity index (χ1) is 6.63. The monoisotopic (exact) mass is 194 g/mol. The molecule has 1 rings (SSSR count). The van der Waals surface area contributed by atoms with Gasteiger partial charge in [-0.05, 0) is 32.0 Å². The zero-order chi connectivity index (χ0) is 10.6. The SMILES string of the molecule is CCN(CC(C)O)c1cccc(N)c1. The van der Waals surface area contributed by atoms with Crippen molar-refractivity contribution >= 4 is 11.4 Å². The smallest absolute Gasteiger partial charge is 0.0687 e. The van der Waals surface area contributed by atoms with Crippen LogP contribution in [0.4, 0.5) is 11.4 Å². The van der Waals surface area contributed by atoms with E-state index in [1.54, 1.807) is 6.92 Å². The fourth-order valence-electron chi connectivity index (χ4n) is 1.46. The number of hydrogen-bond acceptors (Lipinski definition) is 3. The van der Waals surface area contributed by atoms with Gasteiger partial charge in [0.2, 0.25) is 0 Å². The van der Waals surface area contributed by atoms with Gasteiger partial charge in [0.05, 0.1) is 6.10 Å². The molecule has 1 aromatic carbocycles. The number of nitrogens with zero attached hydrogens (tertiary/aromatic N) is 1. The minimum atomic E-state index is -0.323. The first-order valence-electron chi connectivity index (χ1n) is 4.92. The molecule has 0 aliphatic heterocycles. The largest absolute Gasteiger partial charge is 0.399 e. The molecule has 0 aromatic heterocycles. The van der Waals surface area contributed by atoms with E-state index in [4.69, 9.17) is 5.73 Å². The van der Waals surface area contributed by atoms with E-state index in [1.807, 2.05) is 24.3 Å². The van der Waals surface area contributed by atoms with Crippen molar-refractivity contribution in [3.8, 4) is 0 Å². The Hall–Kier alpha value is -1.22. The maximum Gasteiger partial charge on any atom is 0.0687 e. The molecule has 0 aliphatic carbocycles. The Kier molecular flexibility index (Phi) is 3.77. The number of nitrogens with two attached hydrogens (primary N) is 1. The van der Waals surface area contributed by atoms with Gasteiger partial charge in [-0.25, -0.2) is 0 Å². The van der Waals surface area contributed by atoms with Crippen molar-refractivity contribution in [1.29, 1.82) is 0 Å². The molecular weight excluding hydrogens is 176 g/mol. The molecule has 1 atom stereocenters. The highest BCUT2D eigenvalue weighted by Gasteiger charge is 2.06. The third-order valence-electron chi connectivity index (χ3n) is 2.10. The number of rotatable bonds is 4. The quantitative estimate of drug-likeness (QED) is 0.714. The normalized spacial score (nSPS) is 12.5. The molecule has 1 unspecified atom stereocenters. The second-order valence-corrected chi connectivity index (χ2v) is 3.48. The molecule has 3 nitrogen and oxygen atoms in total. The van der Waals surface area contributed by atoms with Crippen LogP contribution in [-0.4, -0.2) is 24.3 Å². The fraction of sp³-hybridized carbons (Fsp3) is 0.455. The Morgan fingerprint density at radius 2 is 2.21 bits per heavy atom. The predicted molar refractivity (Wildman–Crippen MR) is 60.4 cm³/mol. The van der Waals surface area contributed by atoms with Crippen LogP contribution in [-0.2, 0) is 0 Å². The molecule has 0 fully saturated rings. The standard InChI is InChI=1S/C11H18N2O/c1-3-13(8-9(2)14)11-6-4-5-10(12)7-11/h4-7,9,14H,3,8,12H2,1-2H3. The van der Waals surface area contributed by atoms with E-state index in [0.717, 1.165) is 17.9 Å². The molecule has 0 spiro atoms. The van der Waals surface area contributed by atoms with Crippen LogP contribution in [0.15, 0.2) is 24.3 Å². The molecule has 0 bridgehead atoms. The summed E-state index contributed by atoms with van der Waals surface area (Å²) in [6, 6.07) is 7.71. The molecule has 0 aliphatic rings. The zero-order valence-corrected chi connectivity index (χ0v) is 8.77. The van der Waals surface area contributed by atoms with Crippen LogP contribution in [0.5, 0.6) is 0 Å². The number of likely N-dealkylation sites (N-methyl/N-ethyl adjacent to an activating group) is 1. The molecule has 14 heavy (non-hydrogen) atoms. The van der Waals surface area contributed by atoms with Crippen LogP contribution in [0.2, 0.25) is 0 Å². The van der Waals surface area contributed by atoms with E-state index in [-0.39, 0.29) is 6.10 Å². The first-order valence-corrected chi connectivity index (χ1v) is 4.92. The van der Waals surface area contributed by atoms with E-state index >= 15 is 0 Å². The van der Waals surface area contributed by atoms with Gasteiger partial charge in [0.25, 0.3) is 0 Å². The molecule has 3 N–H and O–H groups in total. The Balaban J connectivity index is 2.78. The summed E-state index contributed by atoms with van der Waals surface area (Å²) in [5.41, 5.74) is 7.51. The minimum Gasteiger partial charge on any atom is -0.399 e. The number of benzene rings is 1. The second-order valence-electron chi connectivity index (χ2n) is 3.48. The molecule has 0 heterocycles. The van der Waals surface area contributed by atoms with Crippen molar-refractivity contribution in [2.45, 2.75) is 20.0 Å². The van der Waals surface area contributed by atoms with E-state index < -0.39 is 0 Å². The van der Waals surface area contributed by atoms with E-state index in [0.29, 0.717) is 6.54 Å². The fourth-order valence-corrected chi connectivity index (χ4v) is 1.46. The summed E-state index contributed by atoms with van der Waals surface area (Å²) in [5.74, 6) is 0. The van der Waals surface area contributed by atoms with Crippen LogP contribution in [0.3, 0.4) is 0 Å². The lowest BCUT2D eigenvalue weighted by atomic mass is 10.2. The Labute approximate surface area is 85.2 Å². The Morgan fingerprint density at radius 1 is 1.50 bits per heavy atom. The maximum absolute atomic E-state index is 9.31. The first kappa shape index (κ1) is 10.9. The van der Waals surface area contributed by atoms with Gasteiger partial charge in [0, 0.05) is 24.5 Å². The van der Waals surface area contributed by atoms with Gasteiger partial charge in [0.15, 0.2) is 0 Å². The van der Waals surface area contributed by atoms with Crippen LogP contribution in [0.1, 0.15) is 13.8 Å². The van der Waals surface area contributed by atoms with Crippen LogP contribution in [0.25, 0.3) is 0 Å². The summed E-state index contributed by atoms with van der Waals surface area (Å²) >= 11 is 0. The summed E-state index contributed by atoms with van der Waals surface area (Å²) in [4.78, 5) is 2.10. The Bertz CT molecular complexity index is 286. The number of hydrogen-bond donors (Lipinski definition) is 2. The highest BCUT2D eigenvalue weighted by atomic mass is 16.3. The highest BCUT2D eigenvalue weighted by Crippen LogP contribution is 2.17. The summed E-state index contributed by atoms with van der Waals surface area (Å²) in [5, 5.41) is 9.31. The third-order valence-corrected chi connectivity index (χ3v) is 2.10. The summed E-state index contributed by atoms with van der Waals surface area (Å²) in [6.45, 7) is 5.36. The van der Waals surface area contributed by atoms with E-state index in [2.05, 4.69) is 11.8 Å². The van der Waals surface area contributed by atoms with Crippen molar-refractivity contribution < 1.29 is 5.11 Å². The molecule has 0 saturated carbocycles. The summed E-state index contributed by atoms with van der Waals surface area (Å²) in [6.07, 6.45) is -0.323.